The first kappa shape index (κ1) is 20.8. The van der Waals surface area contributed by atoms with Crippen molar-refractivity contribution in [2.45, 2.75) is 58.1 Å². The Labute approximate surface area is 188 Å². The van der Waals surface area contributed by atoms with Crippen LogP contribution in [-0.2, 0) is 6.42 Å². The van der Waals surface area contributed by atoms with Gasteiger partial charge in [0.2, 0.25) is 0 Å². The molecule has 1 aromatic heterocycles. The van der Waals surface area contributed by atoms with Gasteiger partial charge in [-0.05, 0) is 79.6 Å². The zero-order chi connectivity index (χ0) is 22.2. The second-order valence-corrected chi connectivity index (χ2v) is 8.92. The summed E-state index contributed by atoms with van der Waals surface area (Å²) in [6.45, 7) is 4.33. The predicted molar refractivity (Wildman–Crippen MR) is 122 cm³/mol. The number of ether oxygens (including phenoxy) is 1. The Morgan fingerprint density at radius 3 is 2.62 bits per heavy atom. The van der Waals surface area contributed by atoms with Crippen LogP contribution in [0.4, 0.5) is 0 Å². The van der Waals surface area contributed by atoms with E-state index < -0.39 is 6.10 Å². The minimum atomic E-state index is -0.475. The monoisotopic (exact) mass is 431 g/mol. The summed E-state index contributed by atoms with van der Waals surface area (Å²) in [5, 5.41) is 14.7. The van der Waals surface area contributed by atoms with Crippen LogP contribution in [0.5, 0.6) is 5.75 Å². The molecule has 1 N–H and O–H groups in total. The van der Waals surface area contributed by atoms with E-state index in [0.717, 1.165) is 54.5 Å². The van der Waals surface area contributed by atoms with Gasteiger partial charge in [-0.15, -0.1) is 0 Å². The number of hydrogen-bond donors (Lipinski definition) is 1. The van der Waals surface area contributed by atoms with Gasteiger partial charge in [-0.1, -0.05) is 25.0 Å². The third kappa shape index (κ3) is 3.69. The Balaban J connectivity index is 1.43. The first-order valence-electron chi connectivity index (χ1n) is 11.4. The van der Waals surface area contributed by atoms with Crippen molar-refractivity contribution in [1.82, 2.24) is 14.7 Å². The van der Waals surface area contributed by atoms with Crippen molar-refractivity contribution in [3.05, 3.63) is 76.6 Å². The molecule has 1 aliphatic heterocycles. The Hall–Kier alpha value is -3.12. The number of aliphatic hydroxyl groups is 1. The number of benzene rings is 2. The Morgan fingerprint density at radius 1 is 1.12 bits per heavy atom. The topological polar surface area (TPSA) is 67.6 Å². The van der Waals surface area contributed by atoms with Gasteiger partial charge in [-0.25, -0.2) is 4.68 Å². The van der Waals surface area contributed by atoms with Crippen molar-refractivity contribution in [3.63, 3.8) is 0 Å². The van der Waals surface area contributed by atoms with E-state index in [1.807, 2.05) is 29.9 Å². The molecule has 0 bridgehead atoms. The van der Waals surface area contributed by atoms with Gasteiger partial charge >= 0.3 is 0 Å². The number of nitrogens with zero attached hydrogens (tertiary/aromatic N) is 3. The molecule has 1 amide bonds. The number of amides is 1. The normalized spacial score (nSPS) is 20.7. The van der Waals surface area contributed by atoms with E-state index in [9.17, 15) is 9.90 Å². The molecule has 2 aliphatic rings. The van der Waals surface area contributed by atoms with Crippen LogP contribution in [0, 0.1) is 13.8 Å². The van der Waals surface area contributed by atoms with Crippen LogP contribution in [0.25, 0.3) is 5.69 Å². The standard InChI is InChI=1S/C26H29N3O3/c1-17-18(2)25-22(26(31)28(16-32-25)23-6-3-4-7-24(23)30)15-20(17)14-19-8-10-21(11-9-19)29-13-5-12-27-29/h5,8-13,15,23-24,30H,3-4,6-7,14,16H2,1-2H3. The van der Waals surface area contributed by atoms with Crippen LogP contribution in [0.2, 0.25) is 0 Å². The molecule has 1 fully saturated rings. The molecule has 166 valence electrons. The largest absolute Gasteiger partial charge is 0.472 e. The summed E-state index contributed by atoms with van der Waals surface area (Å²) in [4.78, 5) is 15.2. The van der Waals surface area contributed by atoms with E-state index in [1.165, 1.54) is 5.56 Å². The van der Waals surface area contributed by atoms with E-state index in [4.69, 9.17) is 4.74 Å². The Bertz CT molecular complexity index is 1120. The summed E-state index contributed by atoms with van der Waals surface area (Å²) in [7, 11) is 0. The molecule has 2 heterocycles. The second kappa shape index (κ2) is 8.43. The Morgan fingerprint density at radius 2 is 1.91 bits per heavy atom. The molecule has 5 rings (SSSR count). The number of aliphatic hydroxyl groups excluding tert-OH is 1. The van der Waals surface area contributed by atoms with Gasteiger partial charge in [0.15, 0.2) is 6.73 Å². The molecule has 2 aromatic carbocycles. The summed E-state index contributed by atoms with van der Waals surface area (Å²) < 4.78 is 7.90. The van der Waals surface area contributed by atoms with Crippen LogP contribution in [-0.4, -0.2) is 44.6 Å². The van der Waals surface area contributed by atoms with Crippen LogP contribution >= 0.6 is 0 Å². The van der Waals surface area contributed by atoms with E-state index in [1.54, 1.807) is 11.1 Å². The molecule has 6 heteroatoms. The number of hydrogen-bond acceptors (Lipinski definition) is 4. The lowest BCUT2D eigenvalue weighted by Crippen LogP contribution is -2.52. The molecule has 1 aliphatic carbocycles. The molecule has 3 aromatic rings. The smallest absolute Gasteiger partial charge is 0.260 e. The van der Waals surface area contributed by atoms with Gasteiger partial charge in [0, 0.05) is 12.4 Å². The van der Waals surface area contributed by atoms with Crippen molar-refractivity contribution >= 4 is 5.91 Å². The zero-order valence-electron chi connectivity index (χ0n) is 18.6. The maximum atomic E-state index is 13.4. The zero-order valence-corrected chi connectivity index (χ0v) is 18.6. The molecule has 32 heavy (non-hydrogen) atoms. The van der Waals surface area contributed by atoms with E-state index in [0.29, 0.717) is 11.3 Å². The number of rotatable bonds is 4. The highest BCUT2D eigenvalue weighted by Crippen LogP contribution is 2.36. The fourth-order valence-electron chi connectivity index (χ4n) is 4.95. The molecule has 0 spiro atoms. The number of fused-ring (bicyclic) bond motifs is 1. The maximum Gasteiger partial charge on any atom is 0.260 e. The van der Waals surface area contributed by atoms with E-state index in [2.05, 4.69) is 36.3 Å². The molecule has 0 saturated heterocycles. The van der Waals surface area contributed by atoms with Crippen LogP contribution in [0.15, 0.2) is 48.8 Å². The van der Waals surface area contributed by atoms with Crippen molar-refractivity contribution in [1.29, 1.82) is 0 Å². The fraction of sp³-hybridized carbons (Fsp3) is 0.385. The highest BCUT2D eigenvalue weighted by Gasteiger charge is 2.37. The number of carbonyl (C=O) groups is 1. The van der Waals surface area contributed by atoms with Crippen LogP contribution in [0.1, 0.15) is 58.3 Å². The lowest BCUT2D eigenvalue weighted by molar-refractivity contribution is -0.0126. The molecule has 2 unspecified atom stereocenters. The van der Waals surface area contributed by atoms with Gasteiger partial charge in [-0.3, -0.25) is 9.69 Å². The SMILES string of the molecule is Cc1c(Cc2ccc(-n3cccn3)cc2)cc2c(c1C)OCN(C1CCCCC1O)C2=O. The van der Waals surface area contributed by atoms with E-state index >= 15 is 0 Å². The lowest BCUT2D eigenvalue weighted by Gasteiger charge is -2.40. The molecular weight excluding hydrogens is 402 g/mol. The van der Waals surface area contributed by atoms with Crippen molar-refractivity contribution in [2.24, 2.45) is 0 Å². The van der Waals surface area contributed by atoms with Gasteiger partial charge in [-0.2, -0.15) is 5.10 Å². The third-order valence-corrected chi connectivity index (χ3v) is 6.98. The van der Waals surface area contributed by atoms with Crippen molar-refractivity contribution in [2.75, 3.05) is 6.73 Å². The predicted octanol–water partition coefficient (Wildman–Crippen LogP) is 4.18. The molecule has 6 nitrogen and oxygen atoms in total. The minimum Gasteiger partial charge on any atom is -0.472 e. The summed E-state index contributed by atoms with van der Waals surface area (Å²) in [5.74, 6) is 0.655. The summed E-state index contributed by atoms with van der Waals surface area (Å²) in [6.07, 6.45) is 7.56. The molecule has 2 atom stereocenters. The van der Waals surface area contributed by atoms with Gasteiger partial charge in [0.1, 0.15) is 5.75 Å². The van der Waals surface area contributed by atoms with Gasteiger partial charge < -0.3 is 9.84 Å². The maximum absolute atomic E-state index is 13.4. The minimum absolute atomic E-state index is 0.0319. The summed E-state index contributed by atoms with van der Waals surface area (Å²) in [6, 6.07) is 12.1. The average molecular weight is 432 g/mol. The van der Waals surface area contributed by atoms with E-state index in [-0.39, 0.29) is 18.7 Å². The first-order valence-corrected chi connectivity index (χ1v) is 11.4. The van der Waals surface area contributed by atoms with Crippen molar-refractivity contribution < 1.29 is 14.6 Å². The quantitative estimate of drug-likeness (QED) is 0.673. The second-order valence-electron chi connectivity index (χ2n) is 8.92. The highest BCUT2D eigenvalue weighted by molar-refractivity contribution is 5.99. The third-order valence-electron chi connectivity index (χ3n) is 6.98. The van der Waals surface area contributed by atoms with Gasteiger partial charge in [0.05, 0.1) is 23.4 Å². The summed E-state index contributed by atoms with van der Waals surface area (Å²) in [5.41, 5.74) is 6.09. The van der Waals surface area contributed by atoms with Crippen molar-refractivity contribution in [3.8, 4) is 11.4 Å². The average Bonchev–Trinajstić information content (AvgIpc) is 3.34. The summed E-state index contributed by atoms with van der Waals surface area (Å²) >= 11 is 0. The molecule has 1 saturated carbocycles. The number of aromatic nitrogens is 2. The molecular formula is C26H29N3O3. The first-order chi connectivity index (χ1) is 15.5. The van der Waals surface area contributed by atoms with Crippen LogP contribution < -0.4 is 4.74 Å². The fourth-order valence-corrected chi connectivity index (χ4v) is 4.95. The van der Waals surface area contributed by atoms with Gasteiger partial charge in [0.25, 0.3) is 5.91 Å². The lowest BCUT2D eigenvalue weighted by atomic mass is 9.89. The van der Waals surface area contributed by atoms with Crippen LogP contribution in [0.3, 0.4) is 0 Å². The number of carbonyl (C=O) groups excluding carboxylic acids is 1. The highest BCUT2D eigenvalue weighted by atomic mass is 16.5. The molecule has 0 radical (unpaired) electrons. The Kier molecular flexibility index (Phi) is 5.47.